The Kier molecular flexibility index (Phi) is 3.21. The van der Waals surface area contributed by atoms with E-state index in [1.54, 1.807) is 22.8 Å². The monoisotopic (exact) mass is 284 g/mol. The van der Waals surface area contributed by atoms with Crippen LogP contribution in [0.1, 0.15) is 28.0 Å². The fourth-order valence-electron chi connectivity index (χ4n) is 2.70. The molecule has 0 atom stereocenters. The van der Waals surface area contributed by atoms with E-state index in [9.17, 15) is 4.79 Å². The summed E-state index contributed by atoms with van der Waals surface area (Å²) >= 11 is 0. The topological polar surface area (TPSA) is 70.7 Å². The number of hydrogen-bond acceptors (Lipinski definition) is 4. The van der Waals surface area contributed by atoms with E-state index in [1.807, 2.05) is 31.2 Å². The van der Waals surface area contributed by atoms with Crippen LogP contribution in [0.15, 0.2) is 35.6 Å². The maximum atomic E-state index is 12.8. The minimum atomic E-state index is -0.0787. The van der Waals surface area contributed by atoms with Crippen molar-refractivity contribution in [1.82, 2.24) is 9.78 Å². The van der Waals surface area contributed by atoms with Crippen LogP contribution in [0.4, 0.5) is 5.69 Å². The molecule has 6 heteroatoms. The van der Waals surface area contributed by atoms with Crippen LogP contribution in [0, 0.1) is 6.92 Å². The number of carbonyl (C=O) groups is 1. The lowest BCUT2D eigenvalue weighted by atomic mass is 9.99. The molecule has 0 aliphatic carbocycles. The summed E-state index contributed by atoms with van der Waals surface area (Å²) in [6.45, 7) is 2.31. The Bertz CT molecular complexity index is 733. The van der Waals surface area contributed by atoms with Gasteiger partial charge in [0.1, 0.15) is 0 Å². The van der Waals surface area contributed by atoms with Crippen LogP contribution in [-0.2, 0) is 7.05 Å². The third-order valence-corrected chi connectivity index (χ3v) is 3.69. The fraction of sp³-hybridized carbons (Fsp3) is 0.267. The molecule has 0 unspecified atom stereocenters. The van der Waals surface area contributed by atoms with Gasteiger partial charge in [0, 0.05) is 31.8 Å². The van der Waals surface area contributed by atoms with Crippen molar-refractivity contribution in [2.24, 2.45) is 12.2 Å². The fourth-order valence-corrected chi connectivity index (χ4v) is 2.70. The van der Waals surface area contributed by atoms with Crippen molar-refractivity contribution >= 4 is 17.3 Å². The summed E-state index contributed by atoms with van der Waals surface area (Å²) in [7, 11) is 1.80. The van der Waals surface area contributed by atoms with Gasteiger partial charge in [-0.1, -0.05) is 23.4 Å². The maximum Gasteiger partial charge on any atom is 0.261 e. The van der Waals surface area contributed by atoms with Gasteiger partial charge < -0.3 is 10.1 Å². The molecule has 108 valence electrons. The van der Waals surface area contributed by atoms with Crippen LogP contribution in [0.25, 0.3) is 0 Å². The van der Waals surface area contributed by atoms with E-state index in [-0.39, 0.29) is 5.91 Å². The molecule has 0 radical (unpaired) electrons. The third kappa shape index (κ3) is 2.18. The summed E-state index contributed by atoms with van der Waals surface area (Å²) in [5, 5.41) is 16.7. The van der Waals surface area contributed by atoms with Gasteiger partial charge in [0.15, 0.2) is 0 Å². The molecule has 2 heterocycles. The van der Waals surface area contributed by atoms with E-state index in [4.69, 9.17) is 5.21 Å². The number of amides is 1. The molecule has 1 aromatic heterocycles. The molecule has 1 aromatic carbocycles. The molecule has 1 amide bonds. The summed E-state index contributed by atoms with van der Waals surface area (Å²) in [6.07, 6.45) is 2.26. The Balaban J connectivity index is 2.04. The molecular weight excluding hydrogens is 268 g/mol. The first kappa shape index (κ1) is 13.4. The number of oxime groups is 1. The highest BCUT2D eigenvalue weighted by Crippen LogP contribution is 2.29. The Morgan fingerprint density at radius 3 is 2.81 bits per heavy atom. The molecule has 21 heavy (non-hydrogen) atoms. The number of aromatic nitrogens is 2. The molecule has 1 aliphatic heterocycles. The summed E-state index contributed by atoms with van der Waals surface area (Å²) in [5.41, 5.74) is 3.47. The van der Waals surface area contributed by atoms with Crippen LogP contribution in [0.5, 0.6) is 0 Å². The highest BCUT2D eigenvalue weighted by molar-refractivity contribution is 6.14. The molecular formula is C15H16N4O2. The minimum absolute atomic E-state index is 0.0787. The third-order valence-electron chi connectivity index (χ3n) is 3.69. The largest absolute Gasteiger partial charge is 0.411 e. The number of hydrogen-bond donors (Lipinski definition) is 1. The molecule has 0 spiro atoms. The van der Waals surface area contributed by atoms with Gasteiger partial charge in [0.2, 0.25) is 0 Å². The predicted octanol–water partition coefficient (Wildman–Crippen LogP) is 1.96. The Morgan fingerprint density at radius 2 is 2.14 bits per heavy atom. The van der Waals surface area contributed by atoms with Gasteiger partial charge in [-0.3, -0.25) is 9.48 Å². The minimum Gasteiger partial charge on any atom is -0.411 e. The first-order chi connectivity index (χ1) is 10.1. The lowest BCUT2D eigenvalue weighted by molar-refractivity contribution is 0.0986. The molecule has 1 aliphatic rings. The average Bonchev–Trinajstić information content (AvgIpc) is 2.84. The van der Waals surface area contributed by atoms with Crippen molar-refractivity contribution < 1.29 is 10.0 Å². The van der Waals surface area contributed by atoms with Gasteiger partial charge in [-0.25, -0.2) is 0 Å². The van der Waals surface area contributed by atoms with Gasteiger partial charge in [0.05, 0.1) is 22.7 Å². The molecule has 3 rings (SSSR count). The van der Waals surface area contributed by atoms with E-state index in [1.165, 1.54) is 0 Å². The van der Waals surface area contributed by atoms with Crippen molar-refractivity contribution in [2.75, 3.05) is 11.4 Å². The second kappa shape index (κ2) is 5.05. The summed E-state index contributed by atoms with van der Waals surface area (Å²) in [6, 6.07) is 7.46. The van der Waals surface area contributed by atoms with Crippen molar-refractivity contribution in [2.45, 2.75) is 13.3 Å². The van der Waals surface area contributed by atoms with Crippen molar-refractivity contribution in [3.05, 3.63) is 47.3 Å². The van der Waals surface area contributed by atoms with E-state index in [0.717, 1.165) is 11.3 Å². The van der Waals surface area contributed by atoms with E-state index in [2.05, 4.69) is 10.3 Å². The number of para-hydroxylation sites is 1. The Labute approximate surface area is 122 Å². The Morgan fingerprint density at radius 1 is 1.38 bits per heavy atom. The summed E-state index contributed by atoms with van der Waals surface area (Å²) < 4.78 is 1.64. The number of aryl methyl sites for hydroxylation is 2. The number of anilines is 1. The van der Waals surface area contributed by atoms with Crippen LogP contribution >= 0.6 is 0 Å². The van der Waals surface area contributed by atoms with Gasteiger partial charge in [-0.05, 0) is 13.0 Å². The van der Waals surface area contributed by atoms with Gasteiger partial charge in [-0.15, -0.1) is 0 Å². The summed E-state index contributed by atoms with van der Waals surface area (Å²) in [5.74, 6) is -0.0787. The van der Waals surface area contributed by atoms with E-state index >= 15 is 0 Å². The number of benzene rings is 1. The lowest BCUT2D eigenvalue weighted by Gasteiger charge is -2.29. The molecule has 0 fully saturated rings. The number of carbonyl (C=O) groups excluding carboxylic acids is 1. The first-order valence-electron chi connectivity index (χ1n) is 6.74. The second-order valence-electron chi connectivity index (χ2n) is 5.07. The molecule has 0 saturated carbocycles. The standard InChI is InChI=1S/C15H16N4O2/c1-10-12(9-18(2)16-10)15(20)19-8-7-13(17-21)11-5-3-4-6-14(11)19/h3-6,9,21H,7-8H2,1-2H3/b17-13-. The SMILES string of the molecule is Cc1nn(C)cc1C(=O)N1CC/C(=N/O)c2ccccc21. The Hall–Kier alpha value is -2.63. The van der Waals surface area contributed by atoms with Crippen molar-refractivity contribution in [3.8, 4) is 0 Å². The molecule has 2 aromatic rings. The zero-order valence-electron chi connectivity index (χ0n) is 11.9. The normalized spacial score (nSPS) is 16.1. The highest BCUT2D eigenvalue weighted by atomic mass is 16.4. The molecule has 0 bridgehead atoms. The zero-order chi connectivity index (χ0) is 15.0. The van der Waals surface area contributed by atoms with Crippen LogP contribution in [0.3, 0.4) is 0 Å². The van der Waals surface area contributed by atoms with Gasteiger partial charge in [-0.2, -0.15) is 5.10 Å². The lowest BCUT2D eigenvalue weighted by Crippen LogP contribution is -2.37. The number of fused-ring (bicyclic) bond motifs is 1. The highest BCUT2D eigenvalue weighted by Gasteiger charge is 2.28. The van der Waals surface area contributed by atoms with E-state index in [0.29, 0.717) is 29.9 Å². The smallest absolute Gasteiger partial charge is 0.261 e. The predicted molar refractivity (Wildman–Crippen MR) is 79.0 cm³/mol. The maximum absolute atomic E-state index is 12.8. The zero-order valence-corrected chi connectivity index (χ0v) is 11.9. The van der Waals surface area contributed by atoms with Crippen molar-refractivity contribution in [1.29, 1.82) is 0 Å². The van der Waals surface area contributed by atoms with Crippen LogP contribution < -0.4 is 4.90 Å². The first-order valence-corrected chi connectivity index (χ1v) is 6.74. The quantitative estimate of drug-likeness (QED) is 0.642. The summed E-state index contributed by atoms with van der Waals surface area (Å²) in [4.78, 5) is 14.5. The van der Waals surface area contributed by atoms with Crippen LogP contribution in [0.2, 0.25) is 0 Å². The average molecular weight is 284 g/mol. The number of rotatable bonds is 1. The van der Waals surface area contributed by atoms with Gasteiger partial charge in [0.25, 0.3) is 5.91 Å². The van der Waals surface area contributed by atoms with Crippen molar-refractivity contribution in [3.63, 3.8) is 0 Å². The second-order valence-corrected chi connectivity index (χ2v) is 5.07. The van der Waals surface area contributed by atoms with Crippen LogP contribution in [-0.4, -0.2) is 33.2 Å². The number of nitrogens with zero attached hydrogens (tertiary/aromatic N) is 4. The van der Waals surface area contributed by atoms with E-state index < -0.39 is 0 Å². The molecule has 0 saturated heterocycles. The van der Waals surface area contributed by atoms with Gasteiger partial charge >= 0.3 is 0 Å². The molecule has 6 nitrogen and oxygen atoms in total. The molecule has 1 N–H and O–H groups in total.